The van der Waals surface area contributed by atoms with Gasteiger partial charge in [0.05, 0.1) is 23.4 Å². The first-order valence-corrected chi connectivity index (χ1v) is 10.1. The number of nitrogens with zero attached hydrogens (tertiary/aromatic N) is 2. The van der Waals surface area contributed by atoms with E-state index in [9.17, 15) is 14.4 Å². The highest BCUT2D eigenvalue weighted by Crippen LogP contribution is 2.25. The van der Waals surface area contributed by atoms with Crippen LogP contribution < -0.4 is 5.32 Å². The van der Waals surface area contributed by atoms with Gasteiger partial charge in [-0.2, -0.15) is 0 Å². The molecule has 2 aromatic rings. The van der Waals surface area contributed by atoms with Crippen LogP contribution in [0.25, 0.3) is 0 Å². The molecule has 1 N–H and O–H groups in total. The smallest absolute Gasteiger partial charge is 0.261 e. The topological polar surface area (TPSA) is 82.9 Å². The van der Waals surface area contributed by atoms with Gasteiger partial charge in [0.25, 0.3) is 11.8 Å². The van der Waals surface area contributed by atoms with Crippen LogP contribution in [0.4, 0.5) is 0 Å². The SMILES string of the molecule is O=C(CCN1C(=O)c2ccccc2C1=O)NCC(c1ccco1)N1CCCCC1. The molecule has 0 spiro atoms. The number of imide groups is 1. The van der Waals surface area contributed by atoms with E-state index in [0.717, 1.165) is 36.6 Å². The second-order valence-electron chi connectivity index (χ2n) is 7.49. The Balaban J connectivity index is 1.32. The summed E-state index contributed by atoms with van der Waals surface area (Å²) in [6, 6.07) is 10.5. The molecule has 0 radical (unpaired) electrons. The van der Waals surface area contributed by atoms with Crippen LogP contribution in [0.1, 0.15) is 58.2 Å². The van der Waals surface area contributed by atoms with Crippen LogP contribution in [0, 0.1) is 0 Å². The maximum atomic E-state index is 12.4. The molecule has 1 aromatic carbocycles. The Morgan fingerprint density at radius 3 is 2.31 bits per heavy atom. The lowest BCUT2D eigenvalue weighted by atomic mass is 10.1. The van der Waals surface area contributed by atoms with Gasteiger partial charge in [-0.15, -0.1) is 0 Å². The number of nitrogens with one attached hydrogen (secondary N) is 1. The number of hydrogen-bond acceptors (Lipinski definition) is 5. The molecule has 0 aliphatic carbocycles. The van der Waals surface area contributed by atoms with Crippen molar-refractivity contribution >= 4 is 17.7 Å². The van der Waals surface area contributed by atoms with E-state index in [2.05, 4.69) is 10.2 Å². The molecule has 1 saturated heterocycles. The van der Waals surface area contributed by atoms with Crippen molar-refractivity contribution in [3.05, 3.63) is 59.5 Å². The Morgan fingerprint density at radius 2 is 1.69 bits per heavy atom. The summed E-state index contributed by atoms with van der Waals surface area (Å²) < 4.78 is 5.60. The van der Waals surface area contributed by atoms with E-state index in [4.69, 9.17) is 4.42 Å². The van der Waals surface area contributed by atoms with Crippen LogP contribution in [0.5, 0.6) is 0 Å². The van der Waals surface area contributed by atoms with Crippen molar-refractivity contribution in [3.63, 3.8) is 0 Å². The van der Waals surface area contributed by atoms with E-state index < -0.39 is 0 Å². The van der Waals surface area contributed by atoms with E-state index in [1.54, 1.807) is 30.5 Å². The van der Waals surface area contributed by atoms with Crippen molar-refractivity contribution in [2.24, 2.45) is 0 Å². The lowest BCUT2D eigenvalue weighted by molar-refractivity contribution is -0.121. The maximum absolute atomic E-state index is 12.4. The first-order chi connectivity index (χ1) is 14.1. The quantitative estimate of drug-likeness (QED) is 0.729. The van der Waals surface area contributed by atoms with Gasteiger partial charge >= 0.3 is 0 Å². The molecule has 29 heavy (non-hydrogen) atoms. The van der Waals surface area contributed by atoms with Gasteiger partial charge in [-0.1, -0.05) is 18.6 Å². The number of piperidine rings is 1. The molecule has 4 rings (SSSR count). The molecule has 2 aliphatic rings. The van der Waals surface area contributed by atoms with Crippen molar-refractivity contribution < 1.29 is 18.8 Å². The third-order valence-corrected chi connectivity index (χ3v) is 5.64. The lowest BCUT2D eigenvalue weighted by Gasteiger charge is -2.33. The summed E-state index contributed by atoms with van der Waals surface area (Å²) in [6.07, 6.45) is 5.25. The predicted octanol–water partition coefficient (Wildman–Crippen LogP) is 2.61. The number of benzene rings is 1. The fourth-order valence-corrected chi connectivity index (χ4v) is 4.08. The molecular weight excluding hydrogens is 370 g/mol. The number of carbonyl (C=O) groups excluding carboxylic acids is 3. The molecule has 0 saturated carbocycles. The highest BCUT2D eigenvalue weighted by atomic mass is 16.3. The zero-order valence-electron chi connectivity index (χ0n) is 16.3. The minimum Gasteiger partial charge on any atom is -0.468 e. The molecule has 1 fully saturated rings. The van der Waals surface area contributed by atoms with Crippen LogP contribution in [0.3, 0.4) is 0 Å². The normalized spacial score (nSPS) is 18.0. The van der Waals surface area contributed by atoms with Crippen LogP contribution in [-0.4, -0.2) is 53.7 Å². The molecule has 3 amide bonds. The Labute approximate surface area is 169 Å². The first kappa shape index (κ1) is 19.4. The number of carbonyl (C=O) groups is 3. The third-order valence-electron chi connectivity index (χ3n) is 5.64. The summed E-state index contributed by atoms with van der Waals surface area (Å²) in [6.45, 7) is 2.48. The van der Waals surface area contributed by atoms with Gasteiger partial charge in [-0.25, -0.2) is 0 Å². The highest BCUT2D eigenvalue weighted by Gasteiger charge is 2.35. The van der Waals surface area contributed by atoms with Gasteiger partial charge in [0, 0.05) is 19.5 Å². The second kappa shape index (κ2) is 8.61. The van der Waals surface area contributed by atoms with E-state index in [1.807, 2.05) is 12.1 Å². The second-order valence-corrected chi connectivity index (χ2v) is 7.49. The number of hydrogen-bond donors (Lipinski definition) is 1. The summed E-state index contributed by atoms with van der Waals surface area (Å²) in [7, 11) is 0. The van der Waals surface area contributed by atoms with E-state index >= 15 is 0 Å². The van der Waals surface area contributed by atoms with Gasteiger partial charge in [0.15, 0.2) is 0 Å². The molecule has 2 aliphatic heterocycles. The minimum atomic E-state index is -0.333. The fourth-order valence-electron chi connectivity index (χ4n) is 4.08. The highest BCUT2D eigenvalue weighted by molar-refractivity contribution is 6.21. The lowest BCUT2D eigenvalue weighted by Crippen LogP contribution is -2.41. The molecular formula is C22H25N3O4. The van der Waals surface area contributed by atoms with Gasteiger partial charge in [-0.3, -0.25) is 24.2 Å². The van der Waals surface area contributed by atoms with E-state index in [1.165, 1.54) is 6.42 Å². The number of rotatable bonds is 7. The molecule has 7 nitrogen and oxygen atoms in total. The van der Waals surface area contributed by atoms with Crippen molar-refractivity contribution in [2.45, 2.75) is 31.7 Å². The standard InChI is InChI=1S/C22H25N3O4/c26-20(10-13-25-21(27)16-7-2-3-8-17(16)22(25)28)23-15-18(19-9-6-14-29-19)24-11-4-1-5-12-24/h2-3,6-9,14,18H,1,4-5,10-13,15H2,(H,23,26). The minimum absolute atomic E-state index is 0.00597. The zero-order chi connectivity index (χ0) is 20.2. The summed E-state index contributed by atoms with van der Waals surface area (Å²) in [4.78, 5) is 40.7. The number of amides is 3. The van der Waals surface area contributed by atoms with Gasteiger partial charge in [-0.05, 0) is 50.2 Å². The maximum Gasteiger partial charge on any atom is 0.261 e. The third kappa shape index (κ3) is 4.10. The molecule has 7 heteroatoms. The largest absolute Gasteiger partial charge is 0.468 e. The van der Waals surface area contributed by atoms with Gasteiger partial charge in [0.1, 0.15) is 5.76 Å². The Hall–Kier alpha value is -2.93. The summed E-state index contributed by atoms with van der Waals surface area (Å²) in [5, 5.41) is 2.95. The summed E-state index contributed by atoms with van der Waals surface area (Å²) in [5.41, 5.74) is 0.807. The van der Waals surface area contributed by atoms with E-state index in [0.29, 0.717) is 17.7 Å². The van der Waals surface area contributed by atoms with Crippen molar-refractivity contribution in [1.82, 2.24) is 15.1 Å². The monoisotopic (exact) mass is 395 g/mol. The predicted molar refractivity (Wildman–Crippen MR) is 106 cm³/mol. The van der Waals surface area contributed by atoms with Crippen LogP contribution in [0.15, 0.2) is 47.1 Å². The molecule has 1 atom stereocenters. The van der Waals surface area contributed by atoms with Gasteiger partial charge in [0.2, 0.25) is 5.91 Å². The molecule has 152 valence electrons. The Kier molecular flexibility index (Phi) is 5.76. The van der Waals surface area contributed by atoms with E-state index in [-0.39, 0.29) is 36.7 Å². The fraction of sp³-hybridized carbons (Fsp3) is 0.409. The summed E-state index contributed by atoms with van der Waals surface area (Å²) >= 11 is 0. The molecule has 3 heterocycles. The average Bonchev–Trinajstić information content (AvgIpc) is 3.36. The van der Waals surface area contributed by atoms with Crippen molar-refractivity contribution in [2.75, 3.05) is 26.2 Å². The number of likely N-dealkylation sites (tertiary alicyclic amines) is 1. The van der Waals surface area contributed by atoms with Gasteiger partial charge < -0.3 is 9.73 Å². The Morgan fingerprint density at radius 1 is 1.00 bits per heavy atom. The average molecular weight is 395 g/mol. The molecule has 0 bridgehead atoms. The summed E-state index contributed by atoms with van der Waals surface area (Å²) in [5.74, 6) is -0.0111. The Bertz CT molecular complexity index is 852. The van der Waals surface area contributed by atoms with Crippen LogP contribution >= 0.6 is 0 Å². The number of furan rings is 1. The first-order valence-electron chi connectivity index (χ1n) is 10.1. The zero-order valence-corrected chi connectivity index (χ0v) is 16.3. The molecule has 1 unspecified atom stereocenters. The number of fused-ring (bicyclic) bond motifs is 1. The molecule has 1 aromatic heterocycles. The van der Waals surface area contributed by atoms with Crippen molar-refractivity contribution in [3.8, 4) is 0 Å². The van der Waals surface area contributed by atoms with Crippen molar-refractivity contribution in [1.29, 1.82) is 0 Å². The van der Waals surface area contributed by atoms with Crippen LogP contribution in [0.2, 0.25) is 0 Å². The van der Waals surface area contributed by atoms with Crippen LogP contribution in [-0.2, 0) is 4.79 Å².